The molecule has 132 valence electrons. The minimum atomic E-state index is 0.326. The maximum absolute atomic E-state index is 5.85. The third-order valence-electron chi connectivity index (χ3n) is 4.89. The van der Waals surface area contributed by atoms with Crippen LogP contribution in [0.5, 0.6) is 0 Å². The highest BCUT2D eigenvalue weighted by atomic mass is 32.1. The molecule has 2 aliphatic heterocycles. The number of nitrogens with one attached hydrogen (secondary N) is 1. The number of nitrogens with zero attached hydrogens (tertiary/aromatic N) is 2. The summed E-state index contributed by atoms with van der Waals surface area (Å²) in [7, 11) is 0. The quantitative estimate of drug-likeness (QED) is 0.846. The molecule has 2 fully saturated rings. The summed E-state index contributed by atoms with van der Waals surface area (Å²) in [4.78, 5) is 4.94. The first kappa shape index (κ1) is 17.6. The highest BCUT2D eigenvalue weighted by molar-refractivity contribution is 7.80. The van der Waals surface area contributed by atoms with Gasteiger partial charge in [-0.2, -0.15) is 0 Å². The van der Waals surface area contributed by atoms with Gasteiger partial charge in [0, 0.05) is 38.8 Å². The molecule has 0 amide bonds. The lowest BCUT2D eigenvalue weighted by Gasteiger charge is -2.38. The van der Waals surface area contributed by atoms with E-state index in [9.17, 15) is 0 Å². The Hall–Kier alpha value is -1.17. The van der Waals surface area contributed by atoms with Crippen LogP contribution < -0.4 is 5.32 Å². The fraction of sp³-hybridized carbons (Fsp3) is 0.632. The summed E-state index contributed by atoms with van der Waals surface area (Å²) in [6, 6.07) is 11.0. The van der Waals surface area contributed by atoms with E-state index in [1.807, 2.05) is 6.07 Å². The van der Waals surface area contributed by atoms with Crippen molar-refractivity contribution in [1.29, 1.82) is 0 Å². The predicted octanol–water partition coefficient (Wildman–Crippen LogP) is 2.63. The van der Waals surface area contributed by atoms with Gasteiger partial charge in [-0.15, -0.1) is 0 Å². The van der Waals surface area contributed by atoms with Crippen molar-refractivity contribution in [2.45, 2.75) is 51.5 Å². The van der Waals surface area contributed by atoms with Crippen LogP contribution in [-0.2, 0) is 11.3 Å². The molecule has 2 aliphatic rings. The average molecular weight is 348 g/mol. The summed E-state index contributed by atoms with van der Waals surface area (Å²) in [5.41, 5.74) is 1.27. The van der Waals surface area contributed by atoms with Crippen LogP contribution in [0.4, 0.5) is 0 Å². The molecule has 24 heavy (non-hydrogen) atoms. The minimum Gasteiger partial charge on any atom is -0.373 e. The van der Waals surface area contributed by atoms with Crippen LogP contribution in [0.3, 0.4) is 0 Å². The average Bonchev–Trinajstić information content (AvgIpc) is 3.01. The Morgan fingerprint density at radius 1 is 1.21 bits per heavy atom. The van der Waals surface area contributed by atoms with Crippen molar-refractivity contribution >= 4 is 17.3 Å². The van der Waals surface area contributed by atoms with E-state index >= 15 is 0 Å². The summed E-state index contributed by atoms with van der Waals surface area (Å²) in [5, 5.41) is 4.34. The third-order valence-corrected chi connectivity index (χ3v) is 5.27. The number of thiocarbonyl (C=S) groups is 1. The summed E-state index contributed by atoms with van der Waals surface area (Å²) < 4.78 is 5.85. The molecule has 0 saturated carbocycles. The lowest BCUT2D eigenvalue weighted by atomic mass is 10.1. The van der Waals surface area contributed by atoms with Crippen molar-refractivity contribution in [1.82, 2.24) is 15.1 Å². The van der Waals surface area contributed by atoms with E-state index < -0.39 is 0 Å². The van der Waals surface area contributed by atoms with E-state index in [0.717, 1.165) is 37.8 Å². The molecule has 1 aromatic rings. The smallest absolute Gasteiger partial charge is 0.169 e. The van der Waals surface area contributed by atoms with E-state index in [-0.39, 0.29) is 0 Å². The molecular weight excluding hydrogens is 318 g/mol. The lowest BCUT2D eigenvalue weighted by Crippen LogP contribution is -2.52. The fourth-order valence-corrected chi connectivity index (χ4v) is 4.21. The van der Waals surface area contributed by atoms with E-state index in [4.69, 9.17) is 17.0 Å². The van der Waals surface area contributed by atoms with Crippen LogP contribution in [0.15, 0.2) is 30.3 Å². The minimum absolute atomic E-state index is 0.326. The Morgan fingerprint density at radius 2 is 1.92 bits per heavy atom. The first-order chi connectivity index (χ1) is 11.6. The number of ether oxygens (including phenoxy) is 1. The monoisotopic (exact) mass is 347 g/mol. The normalized spacial score (nSPS) is 28.1. The zero-order valence-electron chi connectivity index (χ0n) is 14.8. The maximum atomic E-state index is 5.85. The van der Waals surface area contributed by atoms with E-state index in [1.54, 1.807) is 0 Å². The Kier molecular flexibility index (Phi) is 6.09. The summed E-state index contributed by atoms with van der Waals surface area (Å²) in [6.45, 7) is 9.35. The molecule has 1 aromatic carbocycles. The lowest BCUT2D eigenvalue weighted by molar-refractivity contribution is -0.0710. The summed E-state index contributed by atoms with van der Waals surface area (Å²) >= 11 is 5.68. The van der Waals surface area contributed by atoms with Gasteiger partial charge in [0.25, 0.3) is 0 Å². The second-order valence-corrected chi connectivity index (χ2v) is 7.50. The summed E-state index contributed by atoms with van der Waals surface area (Å²) in [6.07, 6.45) is 3.11. The first-order valence-corrected chi connectivity index (χ1v) is 9.49. The van der Waals surface area contributed by atoms with Crippen molar-refractivity contribution < 1.29 is 4.74 Å². The zero-order chi connectivity index (χ0) is 16.9. The molecule has 3 atom stereocenters. The molecule has 0 spiro atoms. The van der Waals surface area contributed by atoms with Crippen LogP contribution >= 0.6 is 12.2 Å². The predicted molar refractivity (Wildman–Crippen MR) is 102 cm³/mol. The molecular formula is C19H29N3OS. The number of hydrogen-bond donors (Lipinski definition) is 1. The second kappa shape index (κ2) is 8.28. The standard InChI is InChI=1S/C19H29N3OS/c1-15-12-21(13-16(2)23-15)14-18-9-6-10-22(18)19(24)20-11-17-7-4-3-5-8-17/h3-5,7-8,15-16,18H,6,9-14H2,1-2H3,(H,20,24)/t15-,16+,18-/m0/s1. The number of benzene rings is 1. The van der Waals surface area contributed by atoms with Gasteiger partial charge in [-0.1, -0.05) is 30.3 Å². The topological polar surface area (TPSA) is 27.7 Å². The third kappa shape index (κ3) is 4.68. The fourth-order valence-electron chi connectivity index (χ4n) is 3.90. The molecule has 0 aromatic heterocycles. The van der Waals surface area contributed by atoms with Gasteiger partial charge in [-0.3, -0.25) is 4.90 Å². The molecule has 2 saturated heterocycles. The van der Waals surface area contributed by atoms with Crippen LogP contribution in [0.2, 0.25) is 0 Å². The Labute approximate surface area is 151 Å². The number of morpholine rings is 1. The molecule has 0 aliphatic carbocycles. The molecule has 3 rings (SSSR count). The van der Waals surface area contributed by atoms with Gasteiger partial charge in [0.05, 0.1) is 12.2 Å². The van der Waals surface area contributed by atoms with Crippen LogP contribution in [0.1, 0.15) is 32.3 Å². The highest BCUT2D eigenvalue weighted by Crippen LogP contribution is 2.21. The zero-order valence-corrected chi connectivity index (χ0v) is 15.6. The molecule has 4 nitrogen and oxygen atoms in total. The largest absolute Gasteiger partial charge is 0.373 e. The number of rotatable bonds is 4. The van der Waals surface area contributed by atoms with Crippen molar-refractivity contribution in [3.05, 3.63) is 35.9 Å². The van der Waals surface area contributed by atoms with Crippen molar-refractivity contribution in [3.8, 4) is 0 Å². The maximum Gasteiger partial charge on any atom is 0.169 e. The Morgan fingerprint density at radius 3 is 2.62 bits per heavy atom. The molecule has 5 heteroatoms. The second-order valence-electron chi connectivity index (χ2n) is 7.11. The Balaban J connectivity index is 1.52. The van der Waals surface area contributed by atoms with Gasteiger partial charge in [0.1, 0.15) is 0 Å². The Bertz CT molecular complexity index is 529. The van der Waals surface area contributed by atoms with E-state index in [1.165, 1.54) is 18.4 Å². The van der Waals surface area contributed by atoms with Crippen molar-refractivity contribution in [2.24, 2.45) is 0 Å². The first-order valence-electron chi connectivity index (χ1n) is 9.08. The van der Waals surface area contributed by atoms with Gasteiger partial charge in [-0.25, -0.2) is 0 Å². The van der Waals surface area contributed by atoms with Crippen LogP contribution in [0.25, 0.3) is 0 Å². The molecule has 0 bridgehead atoms. The van der Waals surface area contributed by atoms with E-state index in [0.29, 0.717) is 18.2 Å². The number of likely N-dealkylation sites (tertiary alicyclic amines) is 1. The van der Waals surface area contributed by atoms with Gasteiger partial charge in [0.15, 0.2) is 5.11 Å². The van der Waals surface area contributed by atoms with Gasteiger partial charge in [-0.05, 0) is 44.5 Å². The van der Waals surface area contributed by atoms with Crippen molar-refractivity contribution in [3.63, 3.8) is 0 Å². The van der Waals surface area contributed by atoms with Crippen LogP contribution in [-0.4, -0.2) is 59.3 Å². The molecule has 0 radical (unpaired) electrons. The van der Waals surface area contributed by atoms with E-state index in [2.05, 4.69) is 53.2 Å². The SMILES string of the molecule is C[C@@H]1CN(C[C@@H]2CCCN2C(=S)NCc2ccccc2)C[C@H](C)O1. The molecule has 0 unspecified atom stereocenters. The highest BCUT2D eigenvalue weighted by Gasteiger charge is 2.30. The van der Waals surface area contributed by atoms with Gasteiger partial charge < -0.3 is 15.0 Å². The van der Waals surface area contributed by atoms with Crippen LogP contribution in [0, 0.1) is 0 Å². The van der Waals surface area contributed by atoms with Gasteiger partial charge >= 0.3 is 0 Å². The number of hydrogen-bond acceptors (Lipinski definition) is 3. The molecule has 2 heterocycles. The molecule has 1 N–H and O–H groups in total. The van der Waals surface area contributed by atoms with Gasteiger partial charge in [0.2, 0.25) is 0 Å². The van der Waals surface area contributed by atoms with Crippen molar-refractivity contribution in [2.75, 3.05) is 26.2 Å². The summed E-state index contributed by atoms with van der Waals surface area (Å²) in [5.74, 6) is 0.